The molecule has 1 aromatic rings. The summed E-state index contributed by atoms with van der Waals surface area (Å²) in [4.78, 5) is 57.5. The van der Waals surface area contributed by atoms with Crippen LogP contribution in [0.25, 0.3) is 0 Å². The zero-order chi connectivity index (χ0) is 21.8. The highest BCUT2D eigenvalue weighted by molar-refractivity contribution is 8.00. The van der Waals surface area contributed by atoms with Gasteiger partial charge in [-0.25, -0.2) is 14.6 Å². The predicted octanol–water partition coefficient (Wildman–Crippen LogP) is 0.0500. The maximum atomic E-state index is 12.7. The van der Waals surface area contributed by atoms with E-state index in [-0.39, 0.29) is 17.1 Å². The number of oxime groups is 1. The van der Waals surface area contributed by atoms with Gasteiger partial charge >= 0.3 is 11.9 Å². The van der Waals surface area contributed by atoms with Crippen molar-refractivity contribution in [1.29, 1.82) is 0 Å². The van der Waals surface area contributed by atoms with E-state index in [9.17, 15) is 24.3 Å². The lowest BCUT2D eigenvalue weighted by Gasteiger charge is -2.49. The molecule has 0 aliphatic carbocycles. The van der Waals surface area contributed by atoms with Crippen LogP contribution in [-0.2, 0) is 24.0 Å². The number of fused-ring (bicyclic) bond motifs is 1. The second kappa shape index (κ2) is 9.49. The van der Waals surface area contributed by atoms with Crippen molar-refractivity contribution in [2.75, 3.05) is 24.4 Å². The average molecular weight is 473 g/mol. The number of thiazole rings is 1. The second-order valence-electron chi connectivity index (χ2n) is 6.03. The molecular weight excluding hydrogens is 456 g/mol. The molecule has 11 nitrogen and oxygen atoms in total. The van der Waals surface area contributed by atoms with Crippen LogP contribution in [0.3, 0.4) is 0 Å². The van der Waals surface area contributed by atoms with Gasteiger partial charge in [0.25, 0.3) is 11.8 Å². The molecule has 30 heavy (non-hydrogen) atoms. The van der Waals surface area contributed by atoms with E-state index >= 15 is 0 Å². The summed E-state index contributed by atoms with van der Waals surface area (Å²) in [5.41, 5.74) is 1.96. The second-order valence-corrected chi connectivity index (χ2v) is 8.72. The molecule has 3 N–H and O–H groups in total. The minimum atomic E-state index is -1.27. The molecule has 3 rings (SSSR count). The number of carboxylic acids is 2. The Kier molecular flexibility index (Phi) is 6.99. The third-order valence-corrected chi connectivity index (χ3v) is 6.65. The summed E-state index contributed by atoms with van der Waals surface area (Å²) in [7, 11) is 0. The molecule has 0 bridgehead atoms. The number of thioether (sulfide) groups is 2. The fourth-order valence-electron chi connectivity index (χ4n) is 2.86. The van der Waals surface area contributed by atoms with Gasteiger partial charge in [-0.2, -0.15) is 11.8 Å². The molecule has 14 heteroatoms. The standard InChI is InChI=1S/C16H16N4O7S3/c1-28-3-7-4-30-15-11(14(24)20(15)12(7)16(25)26)18-13(23)10(8-5-29-6-17-8)19-27-2-9(21)22/h5-6,11,15H,2-4H2,1H3,(H,18,23)(H,21,22)(H,25,26)/t11?,15-/m0/s1. The molecule has 0 saturated carbocycles. The third-order valence-electron chi connectivity index (χ3n) is 4.09. The van der Waals surface area contributed by atoms with Crippen molar-refractivity contribution in [2.45, 2.75) is 11.4 Å². The number of carbonyl (C=O) groups is 4. The molecule has 1 unspecified atom stereocenters. The molecule has 2 atom stereocenters. The normalized spacial score (nSPS) is 21.0. The van der Waals surface area contributed by atoms with E-state index in [1.54, 1.807) is 0 Å². The van der Waals surface area contributed by atoms with E-state index < -0.39 is 41.8 Å². The van der Waals surface area contributed by atoms with Crippen molar-refractivity contribution >= 4 is 64.3 Å². The van der Waals surface area contributed by atoms with Gasteiger partial charge in [0.1, 0.15) is 22.8 Å². The SMILES string of the molecule is CSCC1=C(C(=O)O)N2C(=O)C(NC(=O)C(=NOCC(=O)O)c3cscn3)[C@@H]2SC1. The number of nitrogens with zero attached hydrogens (tertiary/aromatic N) is 3. The van der Waals surface area contributed by atoms with E-state index in [1.165, 1.54) is 50.7 Å². The molecule has 2 aliphatic heterocycles. The number of β-lactam (4-membered cyclic amide) rings is 1. The fourth-order valence-corrected chi connectivity index (χ4v) is 5.46. The predicted molar refractivity (Wildman–Crippen MR) is 110 cm³/mol. The Hall–Kier alpha value is -2.58. The molecule has 2 aliphatic rings. The van der Waals surface area contributed by atoms with Gasteiger partial charge in [0.2, 0.25) is 6.61 Å². The Labute approximate surface area is 182 Å². The molecule has 160 valence electrons. The number of aliphatic carboxylic acids is 2. The molecular formula is C16H16N4O7S3. The number of aromatic nitrogens is 1. The van der Waals surface area contributed by atoms with Gasteiger partial charge in [0.15, 0.2) is 5.71 Å². The Morgan fingerprint density at radius 1 is 1.43 bits per heavy atom. The van der Waals surface area contributed by atoms with Crippen molar-refractivity contribution in [3.63, 3.8) is 0 Å². The van der Waals surface area contributed by atoms with Gasteiger partial charge < -0.3 is 20.4 Å². The van der Waals surface area contributed by atoms with Gasteiger partial charge in [0.05, 0.1) is 5.51 Å². The first kappa shape index (κ1) is 22.1. The number of hydrogen-bond acceptors (Lipinski definition) is 10. The Bertz CT molecular complexity index is 931. The number of nitrogens with one attached hydrogen (secondary N) is 1. The van der Waals surface area contributed by atoms with Crippen molar-refractivity contribution in [1.82, 2.24) is 15.2 Å². The molecule has 1 fully saturated rings. The lowest BCUT2D eigenvalue weighted by molar-refractivity contribution is -0.150. The van der Waals surface area contributed by atoms with E-state index in [1.807, 2.05) is 6.26 Å². The van der Waals surface area contributed by atoms with Crippen molar-refractivity contribution < 1.29 is 34.2 Å². The molecule has 0 radical (unpaired) electrons. The molecule has 2 amide bonds. The fraction of sp³-hybridized carbons (Fsp3) is 0.375. The van der Waals surface area contributed by atoms with Crippen LogP contribution in [0.2, 0.25) is 0 Å². The molecule has 1 saturated heterocycles. The quantitative estimate of drug-likeness (QED) is 0.255. The van der Waals surface area contributed by atoms with Crippen molar-refractivity contribution in [2.24, 2.45) is 5.16 Å². The highest BCUT2D eigenvalue weighted by atomic mass is 32.2. The summed E-state index contributed by atoms with van der Waals surface area (Å²) in [5.74, 6) is -2.85. The van der Waals surface area contributed by atoms with Crippen molar-refractivity contribution in [3.05, 3.63) is 27.9 Å². The summed E-state index contributed by atoms with van der Waals surface area (Å²) < 4.78 is 0. The summed E-state index contributed by atoms with van der Waals surface area (Å²) in [6.45, 7) is -0.749. The van der Waals surface area contributed by atoms with E-state index in [0.29, 0.717) is 17.1 Å². The number of carboxylic acid groups (broad SMARTS) is 2. The maximum Gasteiger partial charge on any atom is 0.352 e. The van der Waals surface area contributed by atoms with Gasteiger partial charge in [-0.05, 0) is 11.8 Å². The van der Waals surface area contributed by atoms with E-state index in [4.69, 9.17) is 5.11 Å². The summed E-state index contributed by atoms with van der Waals surface area (Å²) >= 11 is 4.02. The van der Waals surface area contributed by atoms with Crippen LogP contribution in [0.4, 0.5) is 0 Å². The lowest BCUT2D eigenvalue weighted by Crippen LogP contribution is -2.71. The average Bonchev–Trinajstić information content (AvgIpc) is 3.23. The van der Waals surface area contributed by atoms with Gasteiger partial charge in [-0.3, -0.25) is 14.5 Å². The van der Waals surface area contributed by atoms with Crippen LogP contribution in [0.15, 0.2) is 27.3 Å². The monoisotopic (exact) mass is 472 g/mol. The van der Waals surface area contributed by atoms with Crippen LogP contribution in [-0.4, -0.2) is 85.3 Å². The summed E-state index contributed by atoms with van der Waals surface area (Å²) in [5, 5.41) is 25.3. The molecule has 1 aromatic heterocycles. The first-order chi connectivity index (χ1) is 14.3. The molecule has 0 aromatic carbocycles. The number of amides is 2. The van der Waals surface area contributed by atoms with Crippen LogP contribution in [0.5, 0.6) is 0 Å². The van der Waals surface area contributed by atoms with Crippen LogP contribution >= 0.6 is 34.9 Å². The number of hydrogen-bond donors (Lipinski definition) is 3. The Morgan fingerprint density at radius 2 is 2.20 bits per heavy atom. The highest BCUT2D eigenvalue weighted by Crippen LogP contribution is 2.40. The number of rotatable bonds is 9. The summed E-state index contributed by atoms with van der Waals surface area (Å²) in [6.07, 6.45) is 1.84. The van der Waals surface area contributed by atoms with Crippen LogP contribution < -0.4 is 5.32 Å². The summed E-state index contributed by atoms with van der Waals surface area (Å²) in [6, 6.07) is -0.948. The minimum absolute atomic E-state index is 0.0400. The Morgan fingerprint density at radius 3 is 2.80 bits per heavy atom. The highest BCUT2D eigenvalue weighted by Gasteiger charge is 2.54. The zero-order valence-corrected chi connectivity index (χ0v) is 17.9. The first-order valence-electron chi connectivity index (χ1n) is 8.35. The topological polar surface area (TPSA) is 158 Å². The Balaban J connectivity index is 1.76. The van der Waals surface area contributed by atoms with Gasteiger partial charge in [-0.1, -0.05) is 5.16 Å². The van der Waals surface area contributed by atoms with Gasteiger partial charge in [0, 0.05) is 16.9 Å². The smallest absolute Gasteiger partial charge is 0.352 e. The molecule has 3 heterocycles. The third kappa shape index (κ3) is 4.44. The van der Waals surface area contributed by atoms with Crippen LogP contribution in [0.1, 0.15) is 5.69 Å². The number of carbonyl (C=O) groups excluding carboxylic acids is 2. The van der Waals surface area contributed by atoms with Crippen molar-refractivity contribution in [3.8, 4) is 0 Å². The molecule has 0 spiro atoms. The van der Waals surface area contributed by atoms with E-state index in [2.05, 4.69) is 20.3 Å². The largest absolute Gasteiger partial charge is 0.479 e. The minimum Gasteiger partial charge on any atom is -0.479 e. The van der Waals surface area contributed by atoms with Crippen LogP contribution in [0, 0.1) is 0 Å². The maximum absolute atomic E-state index is 12.7. The van der Waals surface area contributed by atoms with E-state index in [0.717, 1.165) is 0 Å². The lowest BCUT2D eigenvalue weighted by atomic mass is 10.0. The van der Waals surface area contributed by atoms with Gasteiger partial charge in [-0.15, -0.1) is 23.1 Å². The first-order valence-corrected chi connectivity index (χ1v) is 11.7. The zero-order valence-electron chi connectivity index (χ0n) is 15.4.